The van der Waals surface area contributed by atoms with Crippen molar-refractivity contribution in [2.45, 2.75) is 0 Å². The van der Waals surface area contributed by atoms with E-state index in [-0.39, 0.29) is 5.56 Å². The molecule has 1 aromatic rings. The number of rotatable bonds is 3. The van der Waals surface area contributed by atoms with Crippen LogP contribution in [0, 0.1) is 5.82 Å². The van der Waals surface area contributed by atoms with E-state index in [4.69, 9.17) is 5.11 Å². The van der Waals surface area contributed by atoms with Crippen LogP contribution in [0.4, 0.5) is 4.39 Å². The zero-order chi connectivity index (χ0) is 10.6. The predicted molar refractivity (Wildman–Crippen MR) is 47.5 cm³/mol. The van der Waals surface area contributed by atoms with Crippen LogP contribution in [0.5, 0.6) is 0 Å². The van der Waals surface area contributed by atoms with Gasteiger partial charge in [-0.15, -0.1) is 0 Å². The van der Waals surface area contributed by atoms with Crippen LogP contribution in [0.15, 0.2) is 36.4 Å². The number of carbonyl (C=O) groups is 2. The Labute approximate surface area is 79.5 Å². The van der Waals surface area contributed by atoms with Crippen LogP contribution in [-0.2, 0) is 4.79 Å². The highest BCUT2D eigenvalue weighted by Gasteiger charge is 2.01. The Kier molecular flexibility index (Phi) is 3.12. The second kappa shape index (κ2) is 4.32. The fourth-order valence-corrected chi connectivity index (χ4v) is 0.857. The van der Waals surface area contributed by atoms with Gasteiger partial charge >= 0.3 is 5.97 Å². The summed E-state index contributed by atoms with van der Waals surface area (Å²) in [6.07, 6.45) is 1.67. The highest BCUT2D eigenvalue weighted by atomic mass is 19.1. The number of halogens is 1. The second-order valence-corrected chi connectivity index (χ2v) is 2.54. The average Bonchev–Trinajstić information content (AvgIpc) is 2.15. The van der Waals surface area contributed by atoms with E-state index in [0.29, 0.717) is 0 Å². The molecule has 1 N–H and O–H groups in total. The molecule has 0 bridgehead atoms. The van der Waals surface area contributed by atoms with Crippen molar-refractivity contribution in [3.8, 4) is 0 Å². The Bertz CT molecular complexity index is 379. The summed E-state index contributed by atoms with van der Waals surface area (Å²) in [6.45, 7) is 0. The van der Waals surface area contributed by atoms with Crippen LogP contribution >= 0.6 is 0 Å². The molecule has 0 aliphatic rings. The van der Waals surface area contributed by atoms with Gasteiger partial charge in [0.15, 0.2) is 5.78 Å². The fraction of sp³-hybridized carbons (Fsp3) is 0. The first-order valence-electron chi connectivity index (χ1n) is 3.80. The third-order valence-corrected chi connectivity index (χ3v) is 1.51. The molecule has 0 aliphatic heterocycles. The quantitative estimate of drug-likeness (QED) is 0.588. The maximum atomic E-state index is 12.4. The maximum Gasteiger partial charge on any atom is 0.328 e. The topological polar surface area (TPSA) is 54.4 Å². The highest BCUT2D eigenvalue weighted by molar-refractivity contribution is 6.06. The molecule has 14 heavy (non-hydrogen) atoms. The second-order valence-electron chi connectivity index (χ2n) is 2.54. The minimum Gasteiger partial charge on any atom is -0.478 e. The molecular formula is C10H7FO3. The summed E-state index contributed by atoms with van der Waals surface area (Å²) >= 11 is 0. The summed E-state index contributed by atoms with van der Waals surface area (Å²) < 4.78 is 12.4. The Morgan fingerprint density at radius 1 is 1.14 bits per heavy atom. The van der Waals surface area contributed by atoms with Gasteiger partial charge in [-0.25, -0.2) is 9.18 Å². The van der Waals surface area contributed by atoms with E-state index >= 15 is 0 Å². The molecule has 4 heteroatoms. The number of hydrogen-bond donors (Lipinski definition) is 1. The largest absolute Gasteiger partial charge is 0.478 e. The molecule has 0 amide bonds. The molecule has 0 aliphatic carbocycles. The lowest BCUT2D eigenvalue weighted by atomic mass is 10.1. The van der Waals surface area contributed by atoms with Crippen molar-refractivity contribution in [1.29, 1.82) is 0 Å². The number of aliphatic carboxylic acids is 1. The Morgan fingerprint density at radius 2 is 1.71 bits per heavy atom. The zero-order valence-electron chi connectivity index (χ0n) is 7.11. The first kappa shape index (κ1) is 10.1. The first-order valence-corrected chi connectivity index (χ1v) is 3.80. The standard InChI is InChI=1S/C10H7FO3/c11-8-3-1-7(2-4-8)9(12)5-6-10(13)14/h1-6H,(H,13,14)/b6-5-. The van der Waals surface area contributed by atoms with Gasteiger partial charge in [0.05, 0.1) is 0 Å². The summed E-state index contributed by atoms with van der Waals surface area (Å²) in [5, 5.41) is 8.25. The molecule has 0 heterocycles. The molecule has 72 valence electrons. The van der Waals surface area contributed by atoms with Gasteiger partial charge in [0.25, 0.3) is 0 Å². The molecule has 1 rings (SSSR count). The Hall–Kier alpha value is -1.97. The molecule has 0 fully saturated rings. The summed E-state index contributed by atoms with van der Waals surface area (Å²) in [6, 6.07) is 4.87. The summed E-state index contributed by atoms with van der Waals surface area (Å²) in [7, 11) is 0. The SMILES string of the molecule is O=C(O)/C=C\C(=O)c1ccc(F)cc1. The Morgan fingerprint density at radius 3 is 2.21 bits per heavy atom. The third kappa shape index (κ3) is 2.82. The van der Waals surface area contributed by atoms with Gasteiger partial charge in [0, 0.05) is 11.6 Å². The smallest absolute Gasteiger partial charge is 0.328 e. The Balaban J connectivity index is 2.80. The lowest BCUT2D eigenvalue weighted by Crippen LogP contribution is -1.96. The highest BCUT2D eigenvalue weighted by Crippen LogP contribution is 2.04. The van der Waals surface area contributed by atoms with Crippen LogP contribution in [0.2, 0.25) is 0 Å². The average molecular weight is 194 g/mol. The summed E-state index contributed by atoms with van der Waals surface area (Å²) in [5.41, 5.74) is 0.254. The summed E-state index contributed by atoms with van der Waals surface area (Å²) in [4.78, 5) is 21.3. The molecule has 0 saturated carbocycles. The minimum absolute atomic E-state index is 0.254. The van der Waals surface area contributed by atoms with Crippen LogP contribution in [0.3, 0.4) is 0 Å². The molecule has 0 aromatic heterocycles. The van der Waals surface area contributed by atoms with E-state index in [1.54, 1.807) is 0 Å². The van der Waals surface area contributed by atoms with Crippen molar-refractivity contribution in [3.63, 3.8) is 0 Å². The van der Waals surface area contributed by atoms with Gasteiger partial charge in [-0.1, -0.05) is 0 Å². The predicted octanol–water partition coefficient (Wildman–Crippen LogP) is 1.65. The molecule has 3 nitrogen and oxygen atoms in total. The van der Waals surface area contributed by atoms with E-state index in [9.17, 15) is 14.0 Å². The van der Waals surface area contributed by atoms with E-state index < -0.39 is 17.6 Å². The van der Waals surface area contributed by atoms with E-state index in [2.05, 4.69) is 0 Å². The van der Waals surface area contributed by atoms with Crippen molar-refractivity contribution in [2.24, 2.45) is 0 Å². The third-order valence-electron chi connectivity index (χ3n) is 1.51. The first-order chi connectivity index (χ1) is 6.59. The van der Waals surface area contributed by atoms with Crippen LogP contribution in [0.1, 0.15) is 10.4 Å². The van der Waals surface area contributed by atoms with Crippen LogP contribution in [0.25, 0.3) is 0 Å². The van der Waals surface area contributed by atoms with Crippen molar-refractivity contribution in [1.82, 2.24) is 0 Å². The number of benzene rings is 1. The monoisotopic (exact) mass is 194 g/mol. The van der Waals surface area contributed by atoms with E-state index in [0.717, 1.165) is 24.3 Å². The lowest BCUT2D eigenvalue weighted by molar-refractivity contribution is -0.131. The normalized spacial score (nSPS) is 10.4. The van der Waals surface area contributed by atoms with Gasteiger partial charge in [-0.2, -0.15) is 0 Å². The minimum atomic E-state index is -1.19. The maximum absolute atomic E-state index is 12.4. The van der Waals surface area contributed by atoms with Crippen molar-refractivity contribution >= 4 is 11.8 Å². The molecule has 0 unspecified atom stereocenters. The lowest BCUT2D eigenvalue weighted by Gasteiger charge is -1.93. The van der Waals surface area contributed by atoms with Gasteiger partial charge in [0.1, 0.15) is 5.82 Å². The van der Waals surface area contributed by atoms with Crippen LogP contribution in [-0.4, -0.2) is 16.9 Å². The van der Waals surface area contributed by atoms with Crippen molar-refractivity contribution in [2.75, 3.05) is 0 Å². The van der Waals surface area contributed by atoms with Gasteiger partial charge in [-0.3, -0.25) is 4.79 Å². The molecule has 0 atom stereocenters. The number of hydrogen-bond acceptors (Lipinski definition) is 2. The zero-order valence-corrected chi connectivity index (χ0v) is 7.11. The van der Waals surface area contributed by atoms with Crippen molar-refractivity contribution in [3.05, 3.63) is 47.8 Å². The fourth-order valence-electron chi connectivity index (χ4n) is 0.857. The van der Waals surface area contributed by atoms with Gasteiger partial charge in [0.2, 0.25) is 0 Å². The van der Waals surface area contributed by atoms with Gasteiger partial charge < -0.3 is 5.11 Å². The molecule has 0 spiro atoms. The van der Waals surface area contributed by atoms with Crippen molar-refractivity contribution < 1.29 is 19.1 Å². The number of carboxylic acid groups (broad SMARTS) is 1. The summed E-state index contributed by atoms with van der Waals surface area (Å²) in [5.74, 6) is -2.10. The molecular weight excluding hydrogens is 187 g/mol. The number of allylic oxidation sites excluding steroid dienone is 1. The number of carboxylic acids is 1. The van der Waals surface area contributed by atoms with Crippen LogP contribution < -0.4 is 0 Å². The molecule has 0 saturated heterocycles. The molecule has 1 aromatic carbocycles. The van der Waals surface area contributed by atoms with E-state index in [1.807, 2.05) is 0 Å². The van der Waals surface area contributed by atoms with E-state index in [1.165, 1.54) is 12.1 Å². The number of ketones is 1. The van der Waals surface area contributed by atoms with Gasteiger partial charge in [-0.05, 0) is 30.3 Å². The number of carbonyl (C=O) groups excluding carboxylic acids is 1. The molecule has 0 radical (unpaired) electrons.